The van der Waals surface area contributed by atoms with E-state index in [0.717, 1.165) is 42.0 Å². The van der Waals surface area contributed by atoms with Crippen LogP contribution in [0.25, 0.3) is 10.8 Å². The van der Waals surface area contributed by atoms with Gasteiger partial charge >= 0.3 is 6.03 Å². The molecule has 2 aromatic rings. The van der Waals surface area contributed by atoms with Gasteiger partial charge in [-0.1, -0.05) is 62.2 Å². The zero-order valence-corrected chi connectivity index (χ0v) is 13.9. The molecule has 4 heteroatoms. The summed E-state index contributed by atoms with van der Waals surface area (Å²) in [6.45, 7) is 2.42. The molecule has 0 unspecified atom stereocenters. The number of hydrogen-bond donors (Lipinski definition) is 1. The molecule has 4 nitrogen and oxygen atoms in total. The molecular formula is C20H22N2O2. The molecule has 0 bridgehead atoms. The van der Waals surface area contributed by atoms with Crippen molar-refractivity contribution in [1.82, 2.24) is 10.2 Å². The number of amides is 3. The van der Waals surface area contributed by atoms with Gasteiger partial charge in [-0.3, -0.25) is 9.69 Å². The molecular weight excluding hydrogens is 300 g/mol. The molecule has 24 heavy (non-hydrogen) atoms. The molecule has 1 aliphatic heterocycles. The average molecular weight is 322 g/mol. The first-order valence-corrected chi connectivity index (χ1v) is 8.72. The second-order valence-electron chi connectivity index (χ2n) is 7.08. The van der Waals surface area contributed by atoms with Gasteiger partial charge in [0.05, 0.1) is 6.54 Å². The Hall–Kier alpha value is -2.36. The molecule has 1 heterocycles. The Morgan fingerprint density at radius 1 is 1.12 bits per heavy atom. The first-order valence-electron chi connectivity index (χ1n) is 8.72. The minimum atomic E-state index is -0.681. The van der Waals surface area contributed by atoms with E-state index in [9.17, 15) is 9.59 Å². The van der Waals surface area contributed by atoms with Gasteiger partial charge in [-0.05, 0) is 35.1 Å². The van der Waals surface area contributed by atoms with Crippen molar-refractivity contribution in [1.29, 1.82) is 0 Å². The van der Waals surface area contributed by atoms with E-state index < -0.39 is 5.54 Å². The van der Waals surface area contributed by atoms with Crippen LogP contribution in [0.15, 0.2) is 42.5 Å². The first kappa shape index (κ1) is 15.2. The standard InChI is InChI=1S/C20H22N2O2/c1-14-7-4-5-12-20(14)18(23)22(19(24)21-20)13-16-10-6-9-15-8-2-3-11-17(15)16/h2-3,6,8-11,14H,4-5,7,12-13H2,1H3,(H,21,24)/t14-,20+/m0/s1. The number of urea groups is 1. The van der Waals surface area contributed by atoms with Gasteiger partial charge in [0.2, 0.25) is 0 Å². The maximum Gasteiger partial charge on any atom is 0.325 e. The fraction of sp³-hybridized carbons (Fsp3) is 0.400. The van der Waals surface area contributed by atoms with E-state index in [4.69, 9.17) is 0 Å². The Balaban J connectivity index is 1.67. The highest BCUT2D eigenvalue weighted by atomic mass is 16.2. The summed E-state index contributed by atoms with van der Waals surface area (Å²) < 4.78 is 0. The summed E-state index contributed by atoms with van der Waals surface area (Å²) in [6.07, 6.45) is 3.88. The molecule has 1 saturated carbocycles. The lowest BCUT2D eigenvalue weighted by atomic mass is 9.73. The van der Waals surface area contributed by atoms with Crippen molar-refractivity contribution in [3.63, 3.8) is 0 Å². The van der Waals surface area contributed by atoms with Gasteiger partial charge in [0.25, 0.3) is 5.91 Å². The second-order valence-corrected chi connectivity index (χ2v) is 7.08. The SMILES string of the molecule is C[C@H]1CCCC[C@@]12NC(=O)N(Cc1cccc3ccccc13)C2=O. The van der Waals surface area contributed by atoms with Crippen LogP contribution in [0.1, 0.15) is 38.2 Å². The van der Waals surface area contributed by atoms with Crippen LogP contribution in [-0.4, -0.2) is 22.4 Å². The smallest absolute Gasteiger partial charge is 0.323 e. The Morgan fingerprint density at radius 3 is 2.75 bits per heavy atom. The van der Waals surface area contributed by atoms with Crippen molar-refractivity contribution in [2.45, 2.75) is 44.7 Å². The van der Waals surface area contributed by atoms with Gasteiger partial charge in [-0.15, -0.1) is 0 Å². The summed E-state index contributed by atoms with van der Waals surface area (Å²) in [5.41, 5.74) is 0.331. The summed E-state index contributed by atoms with van der Waals surface area (Å²) in [5, 5.41) is 5.25. The van der Waals surface area contributed by atoms with Crippen LogP contribution >= 0.6 is 0 Å². The number of hydrogen-bond acceptors (Lipinski definition) is 2. The largest absolute Gasteiger partial charge is 0.325 e. The normalized spacial score (nSPS) is 27.0. The number of nitrogens with one attached hydrogen (secondary N) is 1. The fourth-order valence-electron chi connectivity index (χ4n) is 4.24. The van der Waals surface area contributed by atoms with Gasteiger partial charge in [0.1, 0.15) is 5.54 Å². The Kier molecular flexibility index (Phi) is 3.56. The molecule has 1 aliphatic carbocycles. The average Bonchev–Trinajstić information content (AvgIpc) is 2.83. The zero-order valence-electron chi connectivity index (χ0n) is 13.9. The molecule has 2 atom stereocenters. The molecule has 0 aromatic heterocycles. The van der Waals surface area contributed by atoms with E-state index in [1.165, 1.54) is 4.90 Å². The summed E-state index contributed by atoms with van der Waals surface area (Å²) in [5.74, 6) is 0.146. The maximum atomic E-state index is 13.1. The lowest BCUT2D eigenvalue weighted by Crippen LogP contribution is -2.53. The van der Waals surface area contributed by atoms with Crippen LogP contribution in [0.3, 0.4) is 0 Å². The number of fused-ring (bicyclic) bond motifs is 1. The summed E-state index contributed by atoms with van der Waals surface area (Å²) in [4.78, 5) is 27.0. The van der Waals surface area contributed by atoms with Crippen LogP contribution in [-0.2, 0) is 11.3 Å². The molecule has 0 radical (unpaired) electrons. The minimum Gasteiger partial charge on any atom is -0.323 e. The van der Waals surface area contributed by atoms with Gasteiger partial charge in [-0.25, -0.2) is 4.79 Å². The molecule has 2 fully saturated rings. The molecule has 124 valence electrons. The van der Waals surface area contributed by atoms with Crippen LogP contribution < -0.4 is 5.32 Å². The molecule has 1 saturated heterocycles. The Morgan fingerprint density at radius 2 is 1.92 bits per heavy atom. The minimum absolute atomic E-state index is 0.0485. The van der Waals surface area contributed by atoms with Gasteiger partial charge in [0.15, 0.2) is 0 Å². The highest BCUT2D eigenvalue weighted by molar-refractivity contribution is 6.07. The number of imide groups is 1. The third-order valence-corrected chi connectivity index (χ3v) is 5.71. The maximum absolute atomic E-state index is 13.1. The van der Waals surface area contributed by atoms with Gasteiger partial charge in [-0.2, -0.15) is 0 Å². The van der Waals surface area contributed by atoms with E-state index >= 15 is 0 Å². The quantitative estimate of drug-likeness (QED) is 0.854. The molecule has 3 amide bonds. The van der Waals surface area contributed by atoms with Crippen LogP contribution in [0, 0.1) is 5.92 Å². The van der Waals surface area contributed by atoms with Crippen LogP contribution in [0.2, 0.25) is 0 Å². The number of carbonyl (C=O) groups excluding carboxylic acids is 2. The number of benzene rings is 2. The van der Waals surface area contributed by atoms with E-state index in [1.54, 1.807) is 0 Å². The Bertz CT molecular complexity index is 811. The van der Waals surface area contributed by atoms with Crippen LogP contribution in [0.5, 0.6) is 0 Å². The van der Waals surface area contributed by atoms with Crippen molar-refractivity contribution in [3.8, 4) is 0 Å². The number of carbonyl (C=O) groups is 2. The molecule has 1 N–H and O–H groups in total. The van der Waals surface area contributed by atoms with Crippen LogP contribution in [0.4, 0.5) is 4.79 Å². The van der Waals surface area contributed by atoms with Crippen molar-refractivity contribution in [3.05, 3.63) is 48.0 Å². The highest BCUT2D eigenvalue weighted by Gasteiger charge is 2.54. The summed E-state index contributed by atoms with van der Waals surface area (Å²) >= 11 is 0. The van der Waals surface area contributed by atoms with Gasteiger partial charge < -0.3 is 5.32 Å². The fourth-order valence-corrected chi connectivity index (χ4v) is 4.24. The van der Waals surface area contributed by atoms with Crippen molar-refractivity contribution < 1.29 is 9.59 Å². The molecule has 2 aromatic carbocycles. The van der Waals surface area contributed by atoms with E-state index in [0.29, 0.717) is 6.54 Å². The molecule has 4 rings (SSSR count). The lowest BCUT2D eigenvalue weighted by Gasteiger charge is -2.36. The van der Waals surface area contributed by atoms with E-state index in [2.05, 4.69) is 24.4 Å². The molecule has 2 aliphatic rings. The zero-order chi connectivity index (χ0) is 16.7. The summed E-state index contributed by atoms with van der Waals surface area (Å²) in [7, 11) is 0. The third kappa shape index (κ3) is 2.20. The monoisotopic (exact) mass is 322 g/mol. The first-order chi connectivity index (χ1) is 11.6. The van der Waals surface area contributed by atoms with Crippen molar-refractivity contribution in [2.24, 2.45) is 5.92 Å². The number of rotatable bonds is 2. The summed E-state index contributed by atoms with van der Waals surface area (Å²) in [6, 6.07) is 13.9. The van der Waals surface area contributed by atoms with Gasteiger partial charge in [0, 0.05) is 0 Å². The topological polar surface area (TPSA) is 49.4 Å². The van der Waals surface area contributed by atoms with E-state index in [1.807, 2.05) is 30.3 Å². The lowest BCUT2D eigenvalue weighted by molar-refractivity contribution is -0.134. The van der Waals surface area contributed by atoms with E-state index in [-0.39, 0.29) is 17.9 Å². The number of nitrogens with zero attached hydrogens (tertiary/aromatic N) is 1. The highest BCUT2D eigenvalue weighted by Crippen LogP contribution is 2.38. The van der Waals surface area contributed by atoms with Crippen molar-refractivity contribution >= 4 is 22.7 Å². The molecule has 1 spiro atoms. The predicted octanol–water partition coefficient (Wildman–Crippen LogP) is 3.84. The second kappa shape index (κ2) is 5.62. The third-order valence-electron chi connectivity index (χ3n) is 5.71. The Labute approximate surface area is 141 Å². The van der Waals surface area contributed by atoms with Crippen molar-refractivity contribution in [2.75, 3.05) is 0 Å². The predicted molar refractivity (Wildman–Crippen MR) is 93.4 cm³/mol.